The van der Waals surface area contributed by atoms with Crippen molar-refractivity contribution in [1.29, 1.82) is 0 Å². The summed E-state index contributed by atoms with van der Waals surface area (Å²) in [5, 5.41) is 2.71. The number of amides is 1. The number of anilines is 1. The fourth-order valence-corrected chi connectivity index (χ4v) is 3.69. The Hall–Kier alpha value is -3.61. The molecule has 160 valence electrons. The maximum Gasteiger partial charge on any atom is 0.331 e. The van der Waals surface area contributed by atoms with Gasteiger partial charge in [0.1, 0.15) is 17.6 Å². The second kappa shape index (κ2) is 8.63. The first kappa shape index (κ1) is 20.7. The zero-order valence-electron chi connectivity index (χ0n) is 17.4. The average Bonchev–Trinajstić information content (AvgIpc) is 3.29. The molecule has 0 saturated heterocycles. The number of carbonyl (C=O) groups excluding carboxylic acids is 3. The third kappa shape index (κ3) is 4.60. The van der Waals surface area contributed by atoms with E-state index in [0.29, 0.717) is 29.2 Å². The van der Waals surface area contributed by atoms with Gasteiger partial charge in [-0.15, -0.1) is 0 Å². The number of hydrogen-bond acceptors (Lipinski definition) is 6. The highest BCUT2D eigenvalue weighted by Crippen LogP contribution is 2.35. The largest absolute Gasteiger partial charge is 0.493 e. The van der Waals surface area contributed by atoms with Gasteiger partial charge >= 0.3 is 5.97 Å². The molecule has 2 aliphatic heterocycles. The van der Waals surface area contributed by atoms with E-state index in [1.54, 1.807) is 24.3 Å². The van der Waals surface area contributed by atoms with Crippen LogP contribution >= 0.6 is 0 Å². The Bertz CT molecular complexity index is 1090. The summed E-state index contributed by atoms with van der Waals surface area (Å²) in [4.78, 5) is 35.9. The topological polar surface area (TPSA) is 90.9 Å². The summed E-state index contributed by atoms with van der Waals surface area (Å²) >= 11 is 0. The van der Waals surface area contributed by atoms with E-state index in [0.717, 1.165) is 23.3 Å². The Labute approximate surface area is 180 Å². The lowest BCUT2D eigenvalue weighted by Gasteiger charge is -2.10. The predicted octanol–water partition coefficient (Wildman–Crippen LogP) is 3.34. The van der Waals surface area contributed by atoms with Crippen LogP contribution in [0.1, 0.15) is 40.9 Å². The van der Waals surface area contributed by atoms with Gasteiger partial charge in [0.05, 0.1) is 13.0 Å². The van der Waals surface area contributed by atoms with E-state index in [1.807, 2.05) is 26.0 Å². The predicted molar refractivity (Wildman–Crippen MR) is 115 cm³/mol. The van der Waals surface area contributed by atoms with Gasteiger partial charge in [-0.1, -0.05) is 0 Å². The Morgan fingerprint density at radius 2 is 2.06 bits per heavy atom. The van der Waals surface area contributed by atoms with E-state index in [-0.39, 0.29) is 30.8 Å². The van der Waals surface area contributed by atoms with Crippen molar-refractivity contribution in [3.05, 3.63) is 58.7 Å². The molecule has 1 amide bonds. The maximum absolute atomic E-state index is 12.4. The quantitative estimate of drug-likeness (QED) is 0.419. The number of hydrogen-bond donors (Lipinski definition) is 1. The van der Waals surface area contributed by atoms with Gasteiger partial charge in [0.15, 0.2) is 12.4 Å². The van der Waals surface area contributed by atoms with Gasteiger partial charge in [-0.05, 0) is 55.8 Å². The molecule has 2 aromatic carbocycles. The van der Waals surface area contributed by atoms with Crippen molar-refractivity contribution in [3.8, 4) is 11.5 Å². The zero-order chi connectivity index (χ0) is 22.0. The van der Waals surface area contributed by atoms with Crippen LogP contribution in [-0.4, -0.2) is 37.0 Å². The van der Waals surface area contributed by atoms with Crippen LogP contribution < -0.4 is 14.8 Å². The van der Waals surface area contributed by atoms with Gasteiger partial charge < -0.3 is 19.5 Å². The number of carbonyl (C=O) groups is 3. The normalized spacial score (nSPS) is 16.5. The summed E-state index contributed by atoms with van der Waals surface area (Å²) in [6, 6.07) is 8.72. The molecule has 0 saturated carbocycles. The maximum atomic E-state index is 12.4. The van der Waals surface area contributed by atoms with E-state index in [2.05, 4.69) is 5.32 Å². The SMILES string of the molecule is CCOc1cc2c(cc1/C=C/C(=O)OCC(=O)c1ccc3c(c1)CC(=O)N3)O[C@H](C)C2. The molecule has 0 radical (unpaired) electrons. The first-order chi connectivity index (χ1) is 14.9. The number of nitrogens with one attached hydrogen (secondary N) is 1. The van der Waals surface area contributed by atoms with E-state index in [9.17, 15) is 14.4 Å². The molecule has 0 unspecified atom stereocenters. The molecule has 2 heterocycles. The molecule has 0 aliphatic carbocycles. The summed E-state index contributed by atoms with van der Waals surface area (Å²) in [7, 11) is 0. The van der Waals surface area contributed by atoms with Crippen molar-refractivity contribution in [2.45, 2.75) is 32.8 Å². The van der Waals surface area contributed by atoms with Crippen LogP contribution in [0.3, 0.4) is 0 Å². The molecule has 2 aliphatic rings. The molecule has 4 rings (SSSR count). The Morgan fingerprint density at radius 3 is 2.87 bits per heavy atom. The molecule has 0 spiro atoms. The summed E-state index contributed by atoms with van der Waals surface area (Å²) < 4.78 is 16.6. The van der Waals surface area contributed by atoms with Crippen LogP contribution in [0.2, 0.25) is 0 Å². The van der Waals surface area contributed by atoms with E-state index < -0.39 is 5.97 Å². The highest BCUT2D eigenvalue weighted by Gasteiger charge is 2.22. The van der Waals surface area contributed by atoms with E-state index in [1.165, 1.54) is 6.08 Å². The molecular formula is C24H23NO6. The van der Waals surface area contributed by atoms with E-state index in [4.69, 9.17) is 14.2 Å². The minimum atomic E-state index is -0.636. The fourth-order valence-electron chi connectivity index (χ4n) is 3.69. The number of esters is 1. The Morgan fingerprint density at radius 1 is 1.23 bits per heavy atom. The van der Waals surface area contributed by atoms with Crippen molar-refractivity contribution >= 4 is 29.4 Å². The van der Waals surface area contributed by atoms with Gasteiger partial charge in [0.25, 0.3) is 0 Å². The molecule has 0 bridgehead atoms. The minimum Gasteiger partial charge on any atom is -0.493 e. The fraction of sp³-hybridized carbons (Fsp3) is 0.292. The van der Waals surface area contributed by atoms with Crippen molar-refractivity contribution in [3.63, 3.8) is 0 Å². The highest BCUT2D eigenvalue weighted by molar-refractivity contribution is 6.03. The van der Waals surface area contributed by atoms with Gasteiger partial charge in [-0.2, -0.15) is 0 Å². The summed E-state index contributed by atoms with van der Waals surface area (Å²) in [5.74, 6) is 0.375. The van der Waals surface area contributed by atoms with Gasteiger partial charge in [-0.3, -0.25) is 9.59 Å². The first-order valence-electron chi connectivity index (χ1n) is 10.2. The molecular weight excluding hydrogens is 398 g/mol. The lowest BCUT2D eigenvalue weighted by Crippen LogP contribution is -2.12. The molecule has 1 N–H and O–H groups in total. The zero-order valence-corrected chi connectivity index (χ0v) is 17.4. The van der Waals surface area contributed by atoms with Crippen LogP contribution in [0.25, 0.3) is 6.08 Å². The smallest absolute Gasteiger partial charge is 0.331 e. The Kier molecular flexibility index (Phi) is 5.75. The number of benzene rings is 2. The third-order valence-electron chi connectivity index (χ3n) is 5.13. The molecule has 1 atom stereocenters. The van der Waals surface area contributed by atoms with Gasteiger partial charge in [0, 0.05) is 34.9 Å². The second-order valence-electron chi connectivity index (χ2n) is 7.52. The lowest BCUT2D eigenvalue weighted by atomic mass is 10.1. The molecule has 7 nitrogen and oxygen atoms in total. The van der Waals surface area contributed by atoms with Crippen LogP contribution in [0.4, 0.5) is 5.69 Å². The lowest BCUT2D eigenvalue weighted by molar-refractivity contribution is -0.136. The van der Waals surface area contributed by atoms with Crippen molar-refractivity contribution in [2.24, 2.45) is 0 Å². The molecule has 2 aromatic rings. The number of rotatable bonds is 7. The van der Waals surface area contributed by atoms with Gasteiger partial charge in [0.2, 0.25) is 5.91 Å². The van der Waals surface area contributed by atoms with Crippen molar-refractivity contribution in [2.75, 3.05) is 18.5 Å². The van der Waals surface area contributed by atoms with Crippen LogP contribution in [-0.2, 0) is 27.2 Å². The van der Waals surface area contributed by atoms with Crippen molar-refractivity contribution in [1.82, 2.24) is 0 Å². The Balaban J connectivity index is 1.39. The molecule has 0 fully saturated rings. The summed E-state index contributed by atoms with van der Waals surface area (Å²) in [6.07, 6.45) is 4.02. The van der Waals surface area contributed by atoms with Crippen LogP contribution in [0, 0.1) is 0 Å². The first-order valence-corrected chi connectivity index (χ1v) is 10.2. The van der Waals surface area contributed by atoms with Gasteiger partial charge in [-0.25, -0.2) is 4.79 Å². The number of ketones is 1. The standard InChI is InChI=1S/C24H23NO6/c1-3-29-21-11-18-8-14(2)31-22(18)10-16(21)5-7-24(28)30-13-20(26)15-4-6-19-17(9-15)12-23(27)25-19/h4-7,9-11,14H,3,8,12-13H2,1-2H3,(H,25,27)/b7-5+/t14-/m1/s1. The average molecular weight is 421 g/mol. The summed E-state index contributed by atoms with van der Waals surface area (Å²) in [6.45, 7) is 4.01. The molecule has 7 heteroatoms. The van der Waals surface area contributed by atoms with Crippen LogP contribution in [0.15, 0.2) is 36.4 Å². The number of fused-ring (bicyclic) bond motifs is 2. The number of ether oxygens (including phenoxy) is 3. The molecule has 0 aromatic heterocycles. The number of Topliss-reactive ketones (excluding diaryl/α,β-unsaturated/α-hetero) is 1. The minimum absolute atomic E-state index is 0.103. The monoisotopic (exact) mass is 421 g/mol. The summed E-state index contributed by atoms with van der Waals surface area (Å²) in [5.41, 5.74) is 3.65. The highest BCUT2D eigenvalue weighted by atomic mass is 16.5. The third-order valence-corrected chi connectivity index (χ3v) is 5.13. The van der Waals surface area contributed by atoms with Crippen LogP contribution in [0.5, 0.6) is 11.5 Å². The van der Waals surface area contributed by atoms with Crippen molar-refractivity contribution < 1.29 is 28.6 Å². The van der Waals surface area contributed by atoms with E-state index >= 15 is 0 Å². The second-order valence-corrected chi connectivity index (χ2v) is 7.52. The molecule has 31 heavy (non-hydrogen) atoms.